The van der Waals surface area contributed by atoms with Crippen molar-refractivity contribution in [1.82, 2.24) is 0 Å². The largest absolute Gasteiger partial charge is 0.481 e. The van der Waals surface area contributed by atoms with Gasteiger partial charge in [0.1, 0.15) is 0 Å². The van der Waals surface area contributed by atoms with E-state index in [1.807, 2.05) is 0 Å². The molecule has 20 N–H and O–H groups in total. The van der Waals surface area contributed by atoms with E-state index in [1.165, 1.54) is 24.3 Å². The Hall–Kier alpha value is -11.4. The van der Waals surface area contributed by atoms with Gasteiger partial charge >= 0.3 is 119 Å². The minimum absolute atomic E-state index is 0.0628. The first-order valence-electron chi connectivity index (χ1n) is 30.7. The number of carboxylic acids is 20. The van der Waals surface area contributed by atoms with Crippen molar-refractivity contribution in [2.45, 2.75) is 231 Å². The summed E-state index contributed by atoms with van der Waals surface area (Å²) in [5.74, 6) is -17.8. The Morgan fingerprint density at radius 1 is 0.137 bits per heavy atom. The smallest absolute Gasteiger partial charge is 0.335 e. The number of benzene rings is 1. The molecule has 102 heavy (non-hydrogen) atoms. The van der Waals surface area contributed by atoms with Crippen molar-refractivity contribution in [2.75, 3.05) is 0 Å². The highest BCUT2D eigenvalue weighted by atomic mass is 16.4. The van der Waals surface area contributed by atoms with Crippen LogP contribution in [0.1, 0.15) is 252 Å². The molecular formula is C62H96O40. The van der Waals surface area contributed by atoms with Crippen LogP contribution in [0.15, 0.2) is 24.3 Å². The highest BCUT2D eigenvalue weighted by Gasteiger charge is 2.08. The zero-order chi connectivity index (χ0) is 81.0. The summed E-state index contributed by atoms with van der Waals surface area (Å²) in [5, 5.41) is 163. The lowest BCUT2D eigenvalue weighted by molar-refractivity contribution is -0.139. The van der Waals surface area contributed by atoms with E-state index in [1.54, 1.807) is 0 Å². The van der Waals surface area contributed by atoms with Crippen molar-refractivity contribution in [3.8, 4) is 0 Å². The number of hydrogen-bond acceptors (Lipinski definition) is 20. The van der Waals surface area contributed by atoms with Gasteiger partial charge in [0.15, 0.2) is 0 Å². The lowest BCUT2D eigenvalue weighted by Gasteiger charge is -1.94. The van der Waals surface area contributed by atoms with Gasteiger partial charge in [-0.15, -0.1) is 0 Å². The summed E-state index contributed by atoms with van der Waals surface area (Å²) in [5.41, 5.74) is 0.167. The molecule has 0 radical (unpaired) electrons. The molecule has 40 heteroatoms. The van der Waals surface area contributed by atoms with Crippen LogP contribution < -0.4 is 0 Å². The SMILES string of the molecule is O=C(O)CCCCC(=O)O.O=C(O)CCCCC(=O)O.O=C(O)CCCCC(=O)O.O=C(O)CCCCC(=O)O.O=C(O)CCCCC(=O)O.O=C(O)CCCCC(=O)O.O=C(O)CCCCC(=O)O.O=C(O)CCCCC(=O)O.O=C(O)CCCCC(=O)O.O=C(O)c1ccc(C(=O)O)cc1. The Kier molecular flexibility index (Phi) is 84.2. The number of carboxylic acid groups (broad SMARTS) is 20. The van der Waals surface area contributed by atoms with E-state index in [2.05, 4.69) is 0 Å². The number of rotatable bonds is 47. The molecule has 1 aromatic carbocycles. The third-order valence-corrected chi connectivity index (χ3v) is 10.7. The Labute approximate surface area is 582 Å². The molecule has 1 rings (SSSR count). The van der Waals surface area contributed by atoms with Gasteiger partial charge in [0, 0.05) is 116 Å². The summed E-state index contributed by atoms with van der Waals surface area (Å²) >= 11 is 0. The molecule has 0 fully saturated rings. The maximum atomic E-state index is 10.3. The van der Waals surface area contributed by atoms with Crippen molar-refractivity contribution < 1.29 is 198 Å². The second-order valence-electron chi connectivity index (χ2n) is 20.1. The molecule has 40 nitrogen and oxygen atoms in total. The number of aromatic carboxylic acids is 2. The molecule has 0 aliphatic carbocycles. The second kappa shape index (κ2) is 78.6. The van der Waals surface area contributed by atoms with Gasteiger partial charge in [-0.3, -0.25) is 86.3 Å². The third-order valence-electron chi connectivity index (χ3n) is 10.7. The zero-order valence-electron chi connectivity index (χ0n) is 55.9. The number of unbranched alkanes of at least 4 members (excludes halogenated alkanes) is 9. The van der Waals surface area contributed by atoms with Crippen molar-refractivity contribution in [3.63, 3.8) is 0 Å². The average Bonchev–Trinajstić information content (AvgIpc) is 0.890. The third kappa shape index (κ3) is 140. The first-order valence-corrected chi connectivity index (χ1v) is 30.7. The standard InChI is InChI=1S/C8H6O4.9C6H10O4/c9-7(10)5-1-2-6(4-3-5)8(11)12;9*7-5(8)3-1-2-4-6(9)10/h1-4H,(H,9,10)(H,11,12);9*1-4H2,(H,7,8)(H,9,10). The summed E-state index contributed by atoms with van der Waals surface area (Å²) in [6, 6.07) is 5.02. The quantitative estimate of drug-likeness (QED) is 0.0280. The summed E-state index contributed by atoms with van der Waals surface area (Å²) in [6.07, 6.45) is 9.16. The van der Waals surface area contributed by atoms with Gasteiger partial charge in [-0.25, -0.2) is 9.59 Å². The fourth-order valence-corrected chi connectivity index (χ4v) is 5.73. The van der Waals surface area contributed by atoms with E-state index >= 15 is 0 Å². The molecule has 0 spiro atoms. The Morgan fingerprint density at radius 3 is 0.235 bits per heavy atom. The Balaban J connectivity index is -0.000000135. The van der Waals surface area contributed by atoms with Crippen LogP contribution in [0.3, 0.4) is 0 Å². The summed E-state index contributed by atoms with van der Waals surface area (Å²) in [7, 11) is 0. The molecule has 0 aliphatic heterocycles. The second-order valence-corrected chi connectivity index (χ2v) is 20.1. The van der Waals surface area contributed by atoms with Crippen LogP contribution in [-0.4, -0.2) is 222 Å². The van der Waals surface area contributed by atoms with E-state index < -0.39 is 119 Å². The van der Waals surface area contributed by atoms with E-state index in [9.17, 15) is 95.9 Å². The molecule has 0 amide bonds. The molecule has 0 unspecified atom stereocenters. The Morgan fingerprint density at radius 2 is 0.196 bits per heavy atom. The molecule has 0 saturated carbocycles. The van der Waals surface area contributed by atoms with Gasteiger partial charge in [-0.05, 0) is 140 Å². The monoisotopic (exact) mass is 1480 g/mol. The van der Waals surface area contributed by atoms with Crippen LogP contribution in [0.4, 0.5) is 0 Å². The molecule has 1 aromatic rings. The predicted octanol–water partition coefficient (Wildman–Crippen LogP) is 7.53. The minimum atomic E-state index is -1.06. The summed E-state index contributed by atoms with van der Waals surface area (Å²) < 4.78 is 0. The van der Waals surface area contributed by atoms with E-state index in [4.69, 9.17) is 102 Å². The number of carbonyl (C=O) groups is 20. The van der Waals surface area contributed by atoms with E-state index in [0.717, 1.165) is 0 Å². The van der Waals surface area contributed by atoms with Crippen molar-refractivity contribution in [3.05, 3.63) is 35.4 Å². The first-order chi connectivity index (χ1) is 47.2. The molecule has 0 bridgehead atoms. The van der Waals surface area contributed by atoms with Gasteiger partial charge in [0.05, 0.1) is 11.1 Å². The topological polar surface area (TPSA) is 746 Å². The highest BCUT2D eigenvalue weighted by molar-refractivity contribution is 5.91. The van der Waals surface area contributed by atoms with Gasteiger partial charge in [0.25, 0.3) is 0 Å². The van der Waals surface area contributed by atoms with Crippen molar-refractivity contribution >= 4 is 119 Å². The highest BCUT2D eigenvalue weighted by Crippen LogP contribution is 2.06. The molecular weight excluding hydrogens is 1380 g/mol. The van der Waals surface area contributed by atoms with Crippen LogP contribution in [0, 0.1) is 0 Å². The van der Waals surface area contributed by atoms with Gasteiger partial charge in [0.2, 0.25) is 0 Å². The molecule has 0 saturated heterocycles. The van der Waals surface area contributed by atoms with Crippen LogP contribution >= 0.6 is 0 Å². The average molecular weight is 1480 g/mol. The fourth-order valence-electron chi connectivity index (χ4n) is 5.73. The summed E-state index contributed by atoms with van der Waals surface area (Å²) in [6.45, 7) is 0. The van der Waals surface area contributed by atoms with Gasteiger partial charge < -0.3 is 102 Å². The molecule has 0 heterocycles. The van der Waals surface area contributed by atoms with Crippen LogP contribution in [0.5, 0.6) is 0 Å². The number of hydrogen-bond donors (Lipinski definition) is 20. The van der Waals surface area contributed by atoms with E-state index in [-0.39, 0.29) is 127 Å². The Bertz CT molecular complexity index is 2010. The maximum Gasteiger partial charge on any atom is 0.335 e. The summed E-state index contributed by atoms with van der Waals surface area (Å²) in [4.78, 5) is 199. The number of aliphatic carboxylic acids is 18. The van der Waals surface area contributed by atoms with Crippen molar-refractivity contribution in [2.24, 2.45) is 0 Å². The first kappa shape index (κ1) is 109. The molecule has 0 atom stereocenters. The molecule has 584 valence electrons. The van der Waals surface area contributed by atoms with Crippen LogP contribution in [0.2, 0.25) is 0 Å². The predicted molar refractivity (Wildman–Crippen MR) is 344 cm³/mol. The van der Waals surface area contributed by atoms with Crippen molar-refractivity contribution in [1.29, 1.82) is 0 Å². The normalized spacial score (nSPS) is 9.22. The van der Waals surface area contributed by atoms with Crippen LogP contribution in [-0.2, 0) is 86.3 Å². The zero-order valence-corrected chi connectivity index (χ0v) is 55.9. The lowest BCUT2D eigenvalue weighted by atomic mass is 10.1. The van der Waals surface area contributed by atoms with E-state index in [0.29, 0.717) is 116 Å². The lowest BCUT2D eigenvalue weighted by Crippen LogP contribution is -1.99. The molecule has 0 aromatic heterocycles. The van der Waals surface area contributed by atoms with Gasteiger partial charge in [-0.1, -0.05) is 0 Å². The molecule has 0 aliphatic rings. The maximum absolute atomic E-state index is 10.3. The fraction of sp³-hybridized carbons (Fsp3) is 0.581. The minimum Gasteiger partial charge on any atom is -0.481 e. The van der Waals surface area contributed by atoms with Crippen LogP contribution in [0.25, 0.3) is 0 Å². The van der Waals surface area contributed by atoms with Gasteiger partial charge in [-0.2, -0.15) is 0 Å².